The molecule has 148 valence electrons. The van der Waals surface area contributed by atoms with Crippen LogP contribution in [0, 0.1) is 27.7 Å². The average molecular weight is 405 g/mol. The van der Waals surface area contributed by atoms with Crippen molar-refractivity contribution in [1.29, 1.82) is 0 Å². The van der Waals surface area contributed by atoms with Gasteiger partial charge in [0.2, 0.25) is 0 Å². The minimum atomic E-state index is 0.396. The lowest BCUT2D eigenvalue weighted by molar-refractivity contribution is 0.963. The summed E-state index contributed by atoms with van der Waals surface area (Å²) in [5.41, 5.74) is 12.9. The van der Waals surface area contributed by atoms with Gasteiger partial charge in [-0.25, -0.2) is 0 Å². The van der Waals surface area contributed by atoms with Gasteiger partial charge in [-0.05, 0) is 83.8 Å². The second kappa shape index (κ2) is 7.56. The largest absolute Gasteiger partial charge is 0.0817 e. The van der Waals surface area contributed by atoms with E-state index in [0.29, 0.717) is 11.8 Å². The number of hydrogen-bond acceptors (Lipinski definition) is 0. The molecule has 0 fully saturated rings. The SMILES string of the molecule is Cc1ccc(C)c2c1C=CC2C[Si]c1ccc(C2C=Cc3c(C)ccc(C)c32)cc1. The van der Waals surface area contributed by atoms with E-state index < -0.39 is 0 Å². The fourth-order valence-corrected chi connectivity index (χ4v) is 6.34. The summed E-state index contributed by atoms with van der Waals surface area (Å²) in [6, 6.07) is 19.6. The van der Waals surface area contributed by atoms with Crippen LogP contribution in [-0.4, -0.2) is 9.52 Å². The summed E-state index contributed by atoms with van der Waals surface area (Å²) in [5.74, 6) is 0.959. The van der Waals surface area contributed by atoms with Crippen molar-refractivity contribution in [3.63, 3.8) is 0 Å². The molecule has 2 aliphatic rings. The van der Waals surface area contributed by atoms with Crippen LogP contribution >= 0.6 is 0 Å². The Hall–Kier alpha value is -2.64. The van der Waals surface area contributed by atoms with Crippen LogP contribution in [0.2, 0.25) is 6.04 Å². The van der Waals surface area contributed by atoms with Crippen molar-refractivity contribution in [3.05, 3.63) is 111 Å². The van der Waals surface area contributed by atoms with E-state index in [0.717, 1.165) is 9.52 Å². The molecule has 2 unspecified atom stereocenters. The minimum absolute atomic E-state index is 0.396. The molecule has 0 nitrogen and oxygen atoms in total. The van der Waals surface area contributed by atoms with Gasteiger partial charge in [0.1, 0.15) is 0 Å². The molecule has 3 aromatic carbocycles. The van der Waals surface area contributed by atoms with Crippen molar-refractivity contribution in [2.45, 2.75) is 45.6 Å². The number of allylic oxidation sites excluding steroid dienone is 2. The Morgan fingerprint density at radius 3 is 1.90 bits per heavy atom. The summed E-state index contributed by atoms with van der Waals surface area (Å²) in [7, 11) is 0.840. The molecule has 0 aliphatic heterocycles. The molecule has 0 amide bonds. The van der Waals surface area contributed by atoms with Gasteiger partial charge in [0, 0.05) is 11.8 Å². The standard InChI is InChI=1S/C29H28Si/c1-18-5-7-20(3)28-23(11-14-25(18)28)17-30-24-12-9-22(10-13-24)27-16-15-26-19(2)6-8-21(4)29(26)27/h5-16,23,27H,17H2,1-4H3. The van der Waals surface area contributed by atoms with Gasteiger partial charge in [-0.3, -0.25) is 0 Å². The lowest BCUT2D eigenvalue weighted by Crippen LogP contribution is -2.16. The Labute approximate surface area is 183 Å². The van der Waals surface area contributed by atoms with E-state index in [9.17, 15) is 0 Å². The van der Waals surface area contributed by atoms with E-state index in [1.807, 2.05) is 0 Å². The smallest absolute Gasteiger partial charge is 0.0767 e. The maximum atomic E-state index is 2.41. The van der Waals surface area contributed by atoms with Crippen LogP contribution in [0.4, 0.5) is 0 Å². The van der Waals surface area contributed by atoms with Crippen molar-refractivity contribution >= 4 is 26.9 Å². The highest BCUT2D eigenvalue weighted by molar-refractivity contribution is 6.53. The number of fused-ring (bicyclic) bond motifs is 2. The molecule has 0 spiro atoms. The molecule has 2 aliphatic carbocycles. The zero-order chi connectivity index (χ0) is 20.8. The predicted octanol–water partition coefficient (Wildman–Crippen LogP) is 6.64. The van der Waals surface area contributed by atoms with Crippen LogP contribution in [-0.2, 0) is 0 Å². The molecular weight excluding hydrogens is 376 g/mol. The molecule has 3 aromatic rings. The zero-order valence-corrected chi connectivity index (χ0v) is 19.3. The quantitative estimate of drug-likeness (QED) is 0.428. The number of benzene rings is 3. The molecule has 0 saturated carbocycles. The Kier molecular flexibility index (Phi) is 4.87. The molecule has 2 radical (unpaired) electrons. The van der Waals surface area contributed by atoms with E-state index in [2.05, 4.69) is 101 Å². The van der Waals surface area contributed by atoms with Gasteiger partial charge in [-0.1, -0.05) is 78.0 Å². The van der Waals surface area contributed by atoms with Crippen molar-refractivity contribution in [3.8, 4) is 0 Å². The van der Waals surface area contributed by atoms with E-state index in [1.165, 1.54) is 55.7 Å². The van der Waals surface area contributed by atoms with Crippen molar-refractivity contribution in [1.82, 2.24) is 0 Å². The Bertz CT molecular complexity index is 1180. The van der Waals surface area contributed by atoms with Gasteiger partial charge in [0.15, 0.2) is 0 Å². The van der Waals surface area contributed by atoms with E-state index in [-0.39, 0.29) is 0 Å². The summed E-state index contributed by atoms with van der Waals surface area (Å²) in [6.45, 7) is 8.94. The first-order valence-corrected chi connectivity index (χ1v) is 12.1. The molecule has 0 N–H and O–H groups in total. The van der Waals surface area contributed by atoms with Gasteiger partial charge in [0.25, 0.3) is 0 Å². The van der Waals surface area contributed by atoms with E-state index >= 15 is 0 Å². The number of aryl methyl sites for hydroxylation is 4. The van der Waals surface area contributed by atoms with Crippen LogP contribution < -0.4 is 5.19 Å². The van der Waals surface area contributed by atoms with Gasteiger partial charge < -0.3 is 0 Å². The first-order valence-electron chi connectivity index (χ1n) is 10.9. The molecular formula is C29H28Si. The van der Waals surface area contributed by atoms with Crippen LogP contribution in [0.15, 0.2) is 60.7 Å². The Morgan fingerprint density at radius 2 is 1.20 bits per heavy atom. The third kappa shape index (κ3) is 3.22. The monoisotopic (exact) mass is 404 g/mol. The van der Waals surface area contributed by atoms with Crippen LogP contribution in [0.1, 0.15) is 61.9 Å². The maximum Gasteiger partial charge on any atom is 0.0817 e. The third-order valence-electron chi connectivity index (χ3n) is 6.87. The van der Waals surface area contributed by atoms with Gasteiger partial charge in [-0.2, -0.15) is 0 Å². The summed E-state index contributed by atoms with van der Waals surface area (Å²) in [4.78, 5) is 0. The van der Waals surface area contributed by atoms with Gasteiger partial charge >= 0.3 is 0 Å². The zero-order valence-electron chi connectivity index (χ0n) is 18.3. The van der Waals surface area contributed by atoms with E-state index in [4.69, 9.17) is 0 Å². The summed E-state index contributed by atoms with van der Waals surface area (Å²) < 4.78 is 0. The fraction of sp³-hybridized carbons (Fsp3) is 0.241. The van der Waals surface area contributed by atoms with Crippen LogP contribution in [0.3, 0.4) is 0 Å². The highest BCUT2D eigenvalue weighted by atomic mass is 28.2. The topological polar surface area (TPSA) is 0 Å². The number of rotatable bonds is 4. The first kappa shape index (κ1) is 19.3. The van der Waals surface area contributed by atoms with Crippen molar-refractivity contribution in [2.75, 3.05) is 0 Å². The second-order valence-corrected chi connectivity index (χ2v) is 10.2. The summed E-state index contributed by atoms with van der Waals surface area (Å²) in [5, 5.41) is 1.47. The molecule has 0 heterocycles. The van der Waals surface area contributed by atoms with Gasteiger partial charge in [-0.15, -0.1) is 0 Å². The van der Waals surface area contributed by atoms with Crippen molar-refractivity contribution in [2.24, 2.45) is 0 Å². The summed E-state index contributed by atoms with van der Waals surface area (Å²) >= 11 is 0. The highest BCUT2D eigenvalue weighted by Gasteiger charge is 2.23. The highest BCUT2D eigenvalue weighted by Crippen LogP contribution is 2.39. The van der Waals surface area contributed by atoms with Gasteiger partial charge in [0.05, 0.1) is 9.52 Å². The molecule has 0 saturated heterocycles. The predicted molar refractivity (Wildman–Crippen MR) is 131 cm³/mol. The Morgan fingerprint density at radius 1 is 0.633 bits per heavy atom. The third-order valence-corrected chi connectivity index (χ3v) is 8.26. The molecule has 2 atom stereocenters. The van der Waals surface area contributed by atoms with E-state index in [1.54, 1.807) is 5.56 Å². The summed E-state index contributed by atoms with van der Waals surface area (Å²) in [6.07, 6.45) is 9.43. The first-order chi connectivity index (χ1) is 14.5. The van der Waals surface area contributed by atoms with Crippen molar-refractivity contribution < 1.29 is 0 Å². The van der Waals surface area contributed by atoms with Crippen LogP contribution in [0.25, 0.3) is 12.2 Å². The Balaban J connectivity index is 1.32. The van der Waals surface area contributed by atoms with Crippen LogP contribution in [0.5, 0.6) is 0 Å². The minimum Gasteiger partial charge on any atom is -0.0767 e. The fourth-order valence-electron chi connectivity index (χ4n) is 5.14. The average Bonchev–Trinajstić information content (AvgIpc) is 3.39. The molecule has 0 aromatic heterocycles. The number of hydrogen-bond donors (Lipinski definition) is 0. The molecule has 30 heavy (non-hydrogen) atoms. The second-order valence-electron chi connectivity index (χ2n) is 8.86. The molecule has 0 bridgehead atoms. The molecule has 1 heteroatoms. The maximum absolute atomic E-state index is 2.41. The lowest BCUT2D eigenvalue weighted by atomic mass is 9.88. The lowest BCUT2D eigenvalue weighted by Gasteiger charge is -2.17. The normalized spacial score (nSPS) is 18.7. The molecule has 5 rings (SSSR count).